The van der Waals surface area contributed by atoms with E-state index in [4.69, 9.17) is 4.74 Å². The molecule has 2 aromatic heterocycles. The summed E-state index contributed by atoms with van der Waals surface area (Å²) in [7, 11) is 2.47. The molecule has 2 heterocycles. The number of aromatic nitrogens is 4. The van der Waals surface area contributed by atoms with Gasteiger partial charge >= 0.3 is 11.9 Å². The third kappa shape index (κ3) is 3.72. The van der Waals surface area contributed by atoms with E-state index in [-0.39, 0.29) is 5.70 Å². The van der Waals surface area contributed by atoms with Crippen LogP contribution in [0.3, 0.4) is 0 Å². The molecular formula is C18H19N5O4S. The smallest absolute Gasteiger partial charge is 0.354 e. The van der Waals surface area contributed by atoms with Crippen LogP contribution in [0.15, 0.2) is 30.0 Å². The fourth-order valence-corrected chi connectivity index (χ4v) is 3.51. The first-order valence-electron chi connectivity index (χ1n) is 8.44. The summed E-state index contributed by atoms with van der Waals surface area (Å²) in [5, 5.41) is 16.6. The van der Waals surface area contributed by atoms with Gasteiger partial charge in [0.25, 0.3) is 0 Å². The van der Waals surface area contributed by atoms with Crippen molar-refractivity contribution in [2.75, 3.05) is 19.5 Å². The molecule has 0 saturated carbocycles. The molecule has 0 radical (unpaired) electrons. The average Bonchev–Trinajstić information content (AvgIpc) is 3.28. The summed E-state index contributed by atoms with van der Waals surface area (Å²) in [6.45, 7) is 3.89. The molecule has 3 aromatic rings. The van der Waals surface area contributed by atoms with Crippen LogP contribution in [-0.4, -0.2) is 46.0 Å². The quantitative estimate of drug-likeness (QED) is 0.495. The van der Waals surface area contributed by atoms with Crippen LogP contribution < -0.4 is 5.32 Å². The van der Waals surface area contributed by atoms with Gasteiger partial charge in [0.1, 0.15) is 10.7 Å². The summed E-state index contributed by atoms with van der Waals surface area (Å²) in [6.07, 6.45) is 1.78. The van der Waals surface area contributed by atoms with Gasteiger partial charge in [-0.3, -0.25) is 0 Å². The van der Waals surface area contributed by atoms with Crippen LogP contribution in [0, 0.1) is 6.92 Å². The molecule has 0 saturated heterocycles. The van der Waals surface area contributed by atoms with Crippen molar-refractivity contribution in [3.63, 3.8) is 0 Å². The Labute approximate surface area is 165 Å². The first-order chi connectivity index (χ1) is 13.5. The molecule has 3 rings (SSSR count). The lowest BCUT2D eigenvalue weighted by atomic mass is 10.1. The Balaban J connectivity index is 1.99. The lowest BCUT2D eigenvalue weighted by Gasteiger charge is -2.13. The van der Waals surface area contributed by atoms with Crippen molar-refractivity contribution < 1.29 is 19.1 Å². The number of methoxy groups -OCH3 is 2. The third-order valence-corrected chi connectivity index (χ3v) is 5.01. The fraction of sp³-hybridized carbons (Fsp3) is 0.278. The zero-order valence-electron chi connectivity index (χ0n) is 15.8. The monoisotopic (exact) mass is 401 g/mol. The predicted molar refractivity (Wildman–Crippen MR) is 104 cm³/mol. The number of rotatable bonds is 6. The van der Waals surface area contributed by atoms with E-state index in [2.05, 4.69) is 25.3 Å². The van der Waals surface area contributed by atoms with Gasteiger partial charge in [-0.15, -0.1) is 10.2 Å². The average molecular weight is 401 g/mol. The molecule has 10 heteroatoms. The van der Waals surface area contributed by atoms with Crippen molar-refractivity contribution in [1.29, 1.82) is 0 Å². The molecule has 0 atom stereocenters. The fourth-order valence-electron chi connectivity index (χ4n) is 2.57. The summed E-state index contributed by atoms with van der Waals surface area (Å²) in [5.74, 6) is -0.553. The van der Waals surface area contributed by atoms with Crippen molar-refractivity contribution in [3.05, 3.63) is 41.4 Å². The summed E-state index contributed by atoms with van der Waals surface area (Å²) in [5.41, 5.74) is 2.34. The van der Waals surface area contributed by atoms with Gasteiger partial charge in [-0.2, -0.15) is 9.61 Å². The van der Waals surface area contributed by atoms with Crippen LogP contribution in [0.2, 0.25) is 0 Å². The van der Waals surface area contributed by atoms with E-state index >= 15 is 0 Å². The number of nitrogens with zero attached hydrogens (tertiary/aromatic N) is 4. The van der Waals surface area contributed by atoms with E-state index in [0.29, 0.717) is 10.6 Å². The van der Waals surface area contributed by atoms with Gasteiger partial charge in [-0.05, 0) is 18.6 Å². The Morgan fingerprint density at radius 3 is 2.71 bits per heavy atom. The molecule has 9 nitrogen and oxygen atoms in total. The van der Waals surface area contributed by atoms with Crippen LogP contribution >= 0.6 is 11.3 Å². The lowest BCUT2D eigenvalue weighted by Crippen LogP contribution is -2.16. The van der Waals surface area contributed by atoms with Crippen LogP contribution in [-0.2, 0) is 25.5 Å². The first-order valence-corrected chi connectivity index (χ1v) is 9.26. The summed E-state index contributed by atoms with van der Waals surface area (Å²) >= 11 is 1.42. The Bertz CT molecular complexity index is 1070. The van der Waals surface area contributed by atoms with Crippen LogP contribution in [0.1, 0.15) is 18.3 Å². The number of carbonyl (C=O) groups excluding carboxylic acids is 2. The molecule has 0 spiro atoms. The molecule has 1 aromatic carbocycles. The second-order valence-electron chi connectivity index (χ2n) is 5.75. The van der Waals surface area contributed by atoms with Gasteiger partial charge in [-0.25, -0.2) is 9.59 Å². The molecule has 1 N–H and O–H groups in total. The van der Waals surface area contributed by atoms with E-state index in [1.54, 1.807) is 10.6 Å². The number of hydrogen-bond donors (Lipinski definition) is 1. The standard InChI is InChI=1S/C18H19N5O4S/c1-5-14-20-21-18-23(14)22-16(28-18)11-7-6-8-12(10(11)2)19-13(17(25)27-4)9-15(24)26-3/h6-9,19H,5H2,1-4H3/b13-9+. The molecule has 0 bridgehead atoms. The van der Waals surface area contributed by atoms with Crippen molar-refractivity contribution in [1.82, 2.24) is 19.8 Å². The van der Waals surface area contributed by atoms with E-state index in [0.717, 1.165) is 34.5 Å². The molecular weight excluding hydrogens is 382 g/mol. The molecule has 0 aliphatic rings. The topological polar surface area (TPSA) is 108 Å². The number of fused-ring (bicyclic) bond motifs is 1. The van der Waals surface area contributed by atoms with Gasteiger partial charge in [0.15, 0.2) is 5.82 Å². The Morgan fingerprint density at radius 2 is 2.04 bits per heavy atom. The van der Waals surface area contributed by atoms with Crippen molar-refractivity contribution in [2.45, 2.75) is 20.3 Å². The Morgan fingerprint density at radius 1 is 1.25 bits per heavy atom. The summed E-state index contributed by atoms with van der Waals surface area (Å²) < 4.78 is 11.1. The molecule has 0 amide bonds. The number of anilines is 1. The van der Waals surface area contributed by atoms with Gasteiger partial charge in [0, 0.05) is 17.7 Å². The maximum absolute atomic E-state index is 12.0. The van der Waals surface area contributed by atoms with Crippen molar-refractivity contribution >= 4 is 33.9 Å². The highest BCUT2D eigenvalue weighted by atomic mass is 32.1. The van der Waals surface area contributed by atoms with Gasteiger partial charge in [-0.1, -0.05) is 30.4 Å². The highest BCUT2D eigenvalue weighted by Gasteiger charge is 2.17. The molecule has 0 aliphatic heterocycles. The number of ether oxygens (including phenoxy) is 2. The van der Waals surface area contributed by atoms with Gasteiger partial charge < -0.3 is 14.8 Å². The highest BCUT2D eigenvalue weighted by molar-refractivity contribution is 7.19. The van der Waals surface area contributed by atoms with Crippen LogP contribution in [0.5, 0.6) is 0 Å². The number of aryl methyl sites for hydroxylation is 1. The zero-order chi connectivity index (χ0) is 20.3. The number of nitrogens with one attached hydrogen (secondary N) is 1. The SMILES string of the molecule is CCc1nnc2sc(-c3cccc(N/C(=C/C(=O)OC)C(=O)OC)c3C)nn12. The largest absolute Gasteiger partial charge is 0.466 e. The van der Waals surface area contributed by atoms with E-state index in [9.17, 15) is 9.59 Å². The number of carbonyl (C=O) groups is 2. The third-order valence-electron chi connectivity index (χ3n) is 4.07. The van der Waals surface area contributed by atoms with Gasteiger partial charge in [0.2, 0.25) is 4.96 Å². The second kappa shape index (κ2) is 8.17. The minimum absolute atomic E-state index is 0.0268. The summed E-state index contributed by atoms with van der Waals surface area (Å²) in [6, 6.07) is 5.56. The predicted octanol–water partition coefficient (Wildman–Crippen LogP) is 2.37. The van der Waals surface area contributed by atoms with E-state index in [1.807, 2.05) is 26.0 Å². The number of esters is 2. The minimum atomic E-state index is -0.679. The van der Waals surface area contributed by atoms with Crippen molar-refractivity contribution in [2.24, 2.45) is 0 Å². The molecule has 0 fully saturated rings. The Hall–Kier alpha value is -3.27. The first kappa shape index (κ1) is 19.5. The molecule has 146 valence electrons. The Kier molecular flexibility index (Phi) is 5.69. The molecule has 0 unspecified atom stereocenters. The second-order valence-corrected chi connectivity index (χ2v) is 6.70. The van der Waals surface area contributed by atoms with Crippen LogP contribution in [0.4, 0.5) is 5.69 Å². The van der Waals surface area contributed by atoms with E-state index in [1.165, 1.54) is 25.6 Å². The van der Waals surface area contributed by atoms with Crippen LogP contribution in [0.25, 0.3) is 15.5 Å². The number of benzene rings is 1. The summed E-state index contributed by atoms with van der Waals surface area (Å²) in [4.78, 5) is 24.3. The minimum Gasteiger partial charge on any atom is -0.466 e. The normalized spacial score (nSPS) is 11.5. The molecule has 0 aliphatic carbocycles. The van der Waals surface area contributed by atoms with Crippen molar-refractivity contribution in [3.8, 4) is 10.6 Å². The van der Waals surface area contributed by atoms with E-state index < -0.39 is 11.9 Å². The van der Waals surface area contributed by atoms with Gasteiger partial charge in [0.05, 0.1) is 20.3 Å². The molecule has 28 heavy (non-hydrogen) atoms. The number of hydrogen-bond acceptors (Lipinski definition) is 9. The lowest BCUT2D eigenvalue weighted by molar-refractivity contribution is -0.138. The zero-order valence-corrected chi connectivity index (χ0v) is 16.7. The maximum atomic E-state index is 12.0. The highest BCUT2D eigenvalue weighted by Crippen LogP contribution is 2.32. The maximum Gasteiger partial charge on any atom is 0.354 e.